The van der Waals surface area contributed by atoms with Gasteiger partial charge in [0.25, 0.3) is 0 Å². The third-order valence-electron chi connectivity index (χ3n) is 2.69. The van der Waals surface area contributed by atoms with Crippen molar-refractivity contribution in [2.24, 2.45) is 0 Å². The second-order valence-electron chi connectivity index (χ2n) is 4.21. The molecule has 0 atom stereocenters. The first-order valence-corrected chi connectivity index (χ1v) is 6.03. The van der Waals surface area contributed by atoms with Gasteiger partial charge in [0.05, 0.1) is 5.69 Å². The van der Waals surface area contributed by atoms with Crippen LogP contribution in [0.1, 0.15) is 24.6 Å². The van der Waals surface area contributed by atoms with Crippen LogP contribution in [-0.2, 0) is 13.0 Å². The third-order valence-corrected chi connectivity index (χ3v) is 2.69. The molecule has 1 aromatic heterocycles. The normalized spacial score (nSPS) is 11.0. The fourth-order valence-electron chi connectivity index (χ4n) is 1.64. The van der Waals surface area contributed by atoms with Crippen LogP contribution in [0.5, 0.6) is 0 Å². The largest absolute Gasteiger partial charge is 0.320 e. The fraction of sp³-hybridized carbons (Fsp3) is 0.615. The summed E-state index contributed by atoms with van der Waals surface area (Å²) in [6, 6.07) is 4.30. The summed E-state index contributed by atoms with van der Waals surface area (Å²) in [5.74, 6) is 0. The lowest BCUT2D eigenvalue weighted by molar-refractivity contribution is 0.317. The highest BCUT2D eigenvalue weighted by Gasteiger charge is 2.01. The van der Waals surface area contributed by atoms with Gasteiger partial charge in [0, 0.05) is 12.7 Å². The molecule has 0 saturated heterocycles. The van der Waals surface area contributed by atoms with Crippen molar-refractivity contribution in [1.82, 2.24) is 15.2 Å². The number of nitrogens with zero attached hydrogens (tertiary/aromatic N) is 2. The van der Waals surface area contributed by atoms with Crippen LogP contribution in [0.25, 0.3) is 0 Å². The van der Waals surface area contributed by atoms with E-state index in [4.69, 9.17) is 0 Å². The molecule has 0 unspecified atom stereocenters. The summed E-state index contributed by atoms with van der Waals surface area (Å²) < 4.78 is 0. The quantitative estimate of drug-likeness (QED) is 0.710. The zero-order valence-corrected chi connectivity index (χ0v) is 10.7. The molecule has 1 heterocycles. The van der Waals surface area contributed by atoms with Gasteiger partial charge in [-0.1, -0.05) is 13.0 Å². The van der Waals surface area contributed by atoms with Crippen molar-refractivity contribution in [1.29, 1.82) is 0 Å². The Morgan fingerprint density at radius 1 is 1.38 bits per heavy atom. The molecule has 0 aromatic carbocycles. The Hall–Kier alpha value is -0.930. The third kappa shape index (κ3) is 4.73. The summed E-state index contributed by atoms with van der Waals surface area (Å²) in [5, 5.41) is 3.16. The molecule has 0 saturated carbocycles. The van der Waals surface area contributed by atoms with Gasteiger partial charge in [-0.05, 0) is 51.7 Å². The average molecular weight is 221 g/mol. The van der Waals surface area contributed by atoms with E-state index in [9.17, 15) is 0 Å². The molecule has 0 spiro atoms. The van der Waals surface area contributed by atoms with Gasteiger partial charge in [-0.25, -0.2) is 0 Å². The molecule has 0 amide bonds. The molecule has 0 aliphatic heterocycles. The van der Waals surface area contributed by atoms with Gasteiger partial charge in [0.15, 0.2) is 0 Å². The van der Waals surface area contributed by atoms with Gasteiger partial charge in [-0.2, -0.15) is 0 Å². The van der Waals surface area contributed by atoms with Crippen molar-refractivity contribution < 1.29 is 0 Å². The van der Waals surface area contributed by atoms with E-state index in [0.717, 1.165) is 31.7 Å². The smallest absolute Gasteiger partial charge is 0.0544 e. The molecule has 0 radical (unpaired) electrons. The van der Waals surface area contributed by atoms with Gasteiger partial charge in [-0.15, -0.1) is 0 Å². The van der Waals surface area contributed by atoms with E-state index in [1.54, 1.807) is 0 Å². The number of hydrogen-bond acceptors (Lipinski definition) is 3. The zero-order valence-electron chi connectivity index (χ0n) is 10.7. The van der Waals surface area contributed by atoms with Crippen molar-refractivity contribution >= 4 is 0 Å². The molecule has 1 N–H and O–H groups in total. The minimum atomic E-state index is 0.938. The summed E-state index contributed by atoms with van der Waals surface area (Å²) in [4.78, 5) is 6.77. The number of pyridine rings is 1. The van der Waals surface area contributed by atoms with Crippen LogP contribution in [0, 0.1) is 0 Å². The molecule has 3 nitrogen and oxygen atoms in total. The summed E-state index contributed by atoms with van der Waals surface area (Å²) in [5.41, 5.74) is 2.46. The van der Waals surface area contributed by atoms with Crippen LogP contribution < -0.4 is 5.32 Å². The Kier molecular flexibility index (Phi) is 6.04. The highest BCUT2D eigenvalue weighted by atomic mass is 15.1. The van der Waals surface area contributed by atoms with Crippen LogP contribution in [0.3, 0.4) is 0 Å². The van der Waals surface area contributed by atoms with Crippen LogP contribution >= 0.6 is 0 Å². The Bertz CT molecular complexity index is 282. The fourth-order valence-corrected chi connectivity index (χ4v) is 1.64. The second kappa shape index (κ2) is 7.36. The van der Waals surface area contributed by atoms with E-state index in [1.165, 1.54) is 12.0 Å². The predicted octanol–water partition coefficient (Wildman–Crippen LogP) is 1.69. The monoisotopic (exact) mass is 221 g/mol. The Morgan fingerprint density at radius 3 is 2.75 bits per heavy atom. The van der Waals surface area contributed by atoms with Crippen molar-refractivity contribution in [3.63, 3.8) is 0 Å². The van der Waals surface area contributed by atoms with Gasteiger partial charge < -0.3 is 10.2 Å². The molecule has 1 rings (SSSR count). The number of aromatic nitrogens is 1. The van der Waals surface area contributed by atoms with Gasteiger partial charge >= 0.3 is 0 Å². The SMILES string of the molecule is CCc1ccc(CN(C)CCCNC)nc1. The topological polar surface area (TPSA) is 28.2 Å². The lowest BCUT2D eigenvalue weighted by atomic mass is 10.2. The molecule has 90 valence electrons. The number of aryl methyl sites for hydroxylation is 1. The first kappa shape index (κ1) is 13.1. The van der Waals surface area contributed by atoms with Crippen molar-refractivity contribution in [2.75, 3.05) is 27.2 Å². The maximum Gasteiger partial charge on any atom is 0.0544 e. The molecule has 0 aliphatic rings. The molecule has 0 bridgehead atoms. The Balaban J connectivity index is 2.34. The highest BCUT2D eigenvalue weighted by Crippen LogP contribution is 2.03. The summed E-state index contributed by atoms with van der Waals surface area (Å²) in [6.45, 7) is 5.28. The van der Waals surface area contributed by atoms with E-state index in [2.05, 4.69) is 41.3 Å². The maximum absolute atomic E-state index is 4.46. The van der Waals surface area contributed by atoms with Crippen molar-refractivity contribution in [2.45, 2.75) is 26.3 Å². The summed E-state index contributed by atoms with van der Waals surface area (Å²) >= 11 is 0. The van der Waals surface area contributed by atoms with Crippen LogP contribution in [0.2, 0.25) is 0 Å². The second-order valence-corrected chi connectivity index (χ2v) is 4.21. The van der Waals surface area contributed by atoms with Crippen LogP contribution in [-0.4, -0.2) is 37.1 Å². The Labute approximate surface area is 98.9 Å². The minimum Gasteiger partial charge on any atom is -0.320 e. The lowest BCUT2D eigenvalue weighted by Gasteiger charge is -2.15. The number of nitrogens with one attached hydrogen (secondary N) is 1. The van der Waals surface area contributed by atoms with E-state index in [-0.39, 0.29) is 0 Å². The lowest BCUT2D eigenvalue weighted by Crippen LogP contribution is -2.22. The predicted molar refractivity (Wildman–Crippen MR) is 68.5 cm³/mol. The van der Waals surface area contributed by atoms with Crippen molar-refractivity contribution in [3.05, 3.63) is 29.6 Å². The maximum atomic E-state index is 4.46. The molecule has 3 heteroatoms. The molecule has 16 heavy (non-hydrogen) atoms. The van der Waals surface area contributed by atoms with Gasteiger partial charge in [0.2, 0.25) is 0 Å². The van der Waals surface area contributed by atoms with E-state index < -0.39 is 0 Å². The van der Waals surface area contributed by atoms with Gasteiger partial charge in [-0.3, -0.25) is 4.98 Å². The van der Waals surface area contributed by atoms with Gasteiger partial charge in [0.1, 0.15) is 0 Å². The van der Waals surface area contributed by atoms with Crippen molar-refractivity contribution in [3.8, 4) is 0 Å². The van der Waals surface area contributed by atoms with Crippen LogP contribution in [0.15, 0.2) is 18.3 Å². The summed E-state index contributed by atoms with van der Waals surface area (Å²) in [6.07, 6.45) is 4.22. The minimum absolute atomic E-state index is 0.938. The molecule has 1 aromatic rings. The summed E-state index contributed by atoms with van der Waals surface area (Å²) in [7, 11) is 4.14. The van der Waals surface area contributed by atoms with E-state index in [0.29, 0.717) is 0 Å². The number of hydrogen-bond donors (Lipinski definition) is 1. The zero-order chi connectivity index (χ0) is 11.8. The molecule has 0 fully saturated rings. The average Bonchev–Trinajstić information content (AvgIpc) is 2.30. The molecule has 0 aliphatic carbocycles. The molecular weight excluding hydrogens is 198 g/mol. The highest BCUT2D eigenvalue weighted by molar-refractivity contribution is 5.13. The first-order chi connectivity index (χ1) is 7.76. The standard InChI is InChI=1S/C13H23N3/c1-4-12-6-7-13(15-10-12)11-16(3)9-5-8-14-2/h6-7,10,14H,4-5,8-9,11H2,1-3H3. The number of rotatable bonds is 7. The van der Waals surface area contributed by atoms with E-state index >= 15 is 0 Å². The van der Waals surface area contributed by atoms with E-state index in [1.807, 2.05) is 13.2 Å². The van der Waals surface area contributed by atoms with Crippen LogP contribution in [0.4, 0.5) is 0 Å². The molecular formula is C13H23N3. The Morgan fingerprint density at radius 2 is 2.19 bits per heavy atom. The first-order valence-electron chi connectivity index (χ1n) is 6.03.